The maximum absolute atomic E-state index is 8.99. The van der Waals surface area contributed by atoms with Crippen LogP contribution in [0.5, 0.6) is 11.5 Å². The van der Waals surface area contributed by atoms with Crippen molar-refractivity contribution < 1.29 is 19.7 Å². The summed E-state index contributed by atoms with van der Waals surface area (Å²) in [7, 11) is 0. The lowest BCUT2D eigenvalue weighted by Gasteiger charge is -2.15. The van der Waals surface area contributed by atoms with E-state index in [1.165, 1.54) is 27.8 Å². The second kappa shape index (κ2) is 9.49. The van der Waals surface area contributed by atoms with Gasteiger partial charge in [0.25, 0.3) is 0 Å². The number of aliphatic hydroxyl groups excluding tert-OH is 2. The third-order valence-corrected chi connectivity index (χ3v) is 6.05. The molecule has 0 amide bonds. The Balaban J connectivity index is 1.49. The van der Waals surface area contributed by atoms with Gasteiger partial charge < -0.3 is 19.7 Å². The molecular weight excluding hydrogens is 412 g/mol. The molecule has 33 heavy (non-hydrogen) atoms. The van der Waals surface area contributed by atoms with Gasteiger partial charge in [-0.1, -0.05) is 60.7 Å². The average Bonchev–Trinajstić information content (AvgIpc) is 3.20. The fraction of sp³-hybridized carbons (Fsp3) is 0.172. The SMILES string of the molecule is OCCOc1ccc(-c2ccc3c(c2)-c2ccccc2C3c2ccc(OCCO)cc2)cc1. The zero-order valence-corrected chi connectivity index (χ0v) is 18.3. The lowest BCUT2D eigenvalue weighted by molar-refractivity contribution is 0.201. The molecule has 4 nitrogen and oxygen atoms in total. The molecule has 0 aliphatic heterocycles. The zero-order valence-electron chi connectivity index (χ0n) is 18.3. The van der Waals surface area contributed by atoms with Gasteiger partial charge in [-0.05, 0) is 69.3 Å². The Bertz CT molecular complexity index is 1230. The molecule has 0 aromatic heterocycles. The van der Waals surface area contributed by atoms with Gasteiger partial charge in [0, 0.05) is 5.92 Å². The Labute approximate surface area is 193 Å². The highest BCUT2D eigenvalue weighted by molar-refractivity contribution is 5.84. The molecule has 1 aliphatic rings. The van der Waals surface area contributed by atoms with Crippen LogP contribution in [0.15, 0.2) is 91.0 Å². The predicted octanol–water partition coefficient (Wildman–Crippen LogP) is 5.26. The van der Waals surface area contributed by atoms with Gasteiger partial charge in [0.2, 0.25) is 0 Å². The Kier molecular flexibility index (Phi) is 6.11. The van der Waals surface area contributed by atoms with Crippen molar-refractivity contribution in [1.82, 2.24) is 0 Å². The van der Waals surface area contributed by atoms with Crippen LogP contribution in [0.1, 0.15) is 22.6 Å². The molecule has 0 saturated heterocycles. The van der Waals surface area contributed by atoms with Gasteiger partial charge in [-0.2, -0.15) is 0 Å². The van der Waals surface area contributed by atoms with Crippen molar-refractivity contribution in [1.29, 1.82) is 0 Å². The summed E-state index contributed by atoms with van der Waals surface area (Å²) < 4.78 is 11.0. The van der Waals surface area contributed by atoms with E-state index < -0.39 is 0 Å². The van der Waals surface area contributed by atoms with E-state index in [2.05, 4.69) is 66.7 Å². The summed E-state index contributed by atoms with van der Waals surface area (Å²) >= 11 is 0. The minimum absolute atomic E-state index is 0.00552. The van der Waals surface area contributed by atoms with Crippen LogP contribution >= 0.6 is 0 Å². The summed E-state index contributed by atoms with van der Waals surface area (Å²) in [6.07, 6.45) is 0. The van der Waals surface area contributed by atoms with Crippen molar-refractivity contribution in [2.75, 3.05) is 26.4 Å². The van der Waals surface area contributed by atoms with Gasteiger partial charge in [0.1, 0.15) is 24.7 Å². The Morgan fingerprint density at radius 3 is 1.82 bits per heavy atom. The summed E-state index contributed by atoms with van der Waals surface area (Å²) in [5, 5.41) is 17.9. The molecule has 1 atom stereocenters. The Hall–Kier alpha value is -3.60. The number of fused-ring (bicyclic) bond motifs is 3. The van der Waals surface area contributed by atoms with Crippen molar-refractivity contribution >= 4 is 0 Å². The molecule has 166 valence electrons. The van der Waals surface area contributed by atoms with Crippen LogP contribution < -0.4 is 9.47 Å². The third kappa shape index (κ3) is 4.23. The van der Waals surface area contributed by atoms with Gasteiger partial charge in [0.15, 0.2) is 0 Å². The predicted molar refractivity (Wildman–Crippen MR) is 130 cm³/mol. The molecule has 1 unspecified atom stereocenters. The first kappa shape index (κ1) is 21.3. The Morgan fingerprint density at radius 1 is 0.576 bits per heavy atom. The lowest BCUT2D eigenvalue weighted by atomic mass is 9.89. The number of hydrogen-bond acceptors (Lipinski definition) is 4. The summed E-state index contributed by atoms with van der Waals surface area (Å²) in [5.41, 5.74) is 8.63. The molecule has 4 aromatic rings. The van der Waals surface area contributed by atoms with Crippen LogP contribution in [0.25, 0.3) is 22.3 Å². The first-order chi connectivity index (χ1) is 16.3. The third-order valence-electron chi connectivity index (χ3n) is 6.05. The largest absolute Gasteiger partial charge is 0.491 e. The molecule has 0 radical (unpaired) electrons. The van der Waals surface area contributed by atoms with Gasteiger partial charge in [-0.15, -0.1) is 0 Å². The molecule has 5 rings (SSSR count). The zero-order chi connectivity index (χ0) is 22.6. The van der Waals surface area contributed by atoms with Gasteiger partial charge in [-0.25, -0.2) is 0 Å². The van der Waals surface area contributed by atoms with Gasteiger partial charge in [0.05, 0.1) is 13.2 Å². The lowest BCUT2D eigenvalue weighted by Crippen LogP contribution is -2.02. The molecule has 0 fully saturated rings. The fourth-order valence-corrected chi connectivity index (χ4v) is 4.57. The molecule has 0 spiro atoms. The van der Waals surface area contributed by atoms with E-state index in [1.54, 1.807) is 0 Å². The van der Waals surface area contributed by atoms with Crippen molar-refractivity contribution in [2.45, 2.75) is 5.92 Å². The fourth-order valence-electron chi connectivity index (χ4n) is 4.57. The van der Waals surface area contributed by atoms with Crippen LogP contribution in [0, 0.1) is 0 Å². The first-order valence-corrected chi connectivity index (χ1v) is 11.2. The summed E-state index contributed by atoms with van der Waals surface area (Å²) in [5.74, 6) is 1.69. The van der Waals surface area contributed by atoms with Crippen molar-refractivity contribution in [3.63, 3.8) is 0 Å². The van der Waals surface area contributed by atoms with E-state index >= 15 is 0 Å². The number of benzene rings is 4. The van der Waals surface area contributed by atoms with Crippen LogP contribution in [0.3, 0.4) is 0 Å². The van der Waals surface area contributed by atoms with Crippen LogP contribution in [0.4, 0.5) is 0 Å². The first-order valence-electron chi connectivity index (χ1n) is 11.2. The average molecular weight is 439 g/mol. The number of ether oxygens (including phenoxy) is 2. The molecular formula is C29H26O4. The minimum atomic E-state index is 0.00552. The molecule has 4 aromatic carbocycles. The van der Waals surface area contributed by atoms with E-state index in [0.29, 0.717) is 13.2 Å². The number of rotatable bonds is 8. The monoisotopic (exact) mass is 438 g/mol. The number of aliphatic hydroxyl groups is 2. The van der Waals surface area contributed by atoms with Crippen LogP contribution in [-0.4, -0.2) is 36.6 Å². The van der Waals surface area contributed by atoms with E-state index in [9.17, 15) is 0 Å². The summed E-state index contributed by atoms with van der Waals surface area (Å²) in [6.45, 7) is 0.605. The normalized spacial score (nSPS) is 13.9. The standard InChI is InChI=1S/C29H26O4/c30-15-17-32-23-10-5-20(6-11-23)22-9-14-27-28(19-22)25-3-1-2-4-26(25)29(27)21-7-12-24(13-8-21)33-18-16-31/h1-14,19,29-31H,15-18H2. The minimum Gasteiger partial charge on any atom is -0.491 e. The quantitative estimate of drug-likeness (QED) is 0.347. The second-order valence-electron chi connectivity index (χ2n) is 8.06. The molecule has 0 heterocycles. The van der Waals surface area contributed by atoms with Gasteiger partial charge >= 0.3 is 0 Å². The highest BCUT2D eigenvalue weighted by Crippen LogP contribution is 2.49. The summed E-state index contributed by atoms with van der Waals surface area (Å²) in [6, 6.07) is 31.5. The van der Waals surface area contributed by atoms with Gasteiger partial charge in [-0.3, -0.25) is 0 Å². The summed E-state index contributed by atoms with van der Waals surface area (Å²) in [4.78, 5) is 0. The maximum Gasteiger partial charge on any atom is 0.119 e. The molecule has 0 bridgehead atoms. The Morgan fingerprint density at radius 2 is 1.15 bits per heavy atom. The van der Waals surface area contributed by atoms with E-state index in [4.69, 9.17) is 19.7 Å². The molecule has 4 heteroatoms. The number of hydrogen-bond donors (Lipinski definition) is 2. The van der Waals surface area contributed by atoms with Crippen molar-refractivity contribution in [2.24, 2.45) is 0 Å². The molecule has 0 saturated carbocycles. The van der Waals surface area contributed by atoms with Crippen LogP contribution in [-0.2, 0) is 0 Å². The van der Waals surface area contributed by atoms with Crippen molar-refractivity contribution in [3.05, 3.63) is 108 Å². The smallest absolute Gasteiger partial charge is 0.119 e. The molecule has 2 N–H and O–H groups in total. The van der Waals surface area contributed by atoms with Crippen LogP contribution in [0.2, 0.25) is 0 Å². The maximum atomic E-state index is 8.99. The highest BCUT2D eigenvalue weighted by Gasteiger charge is 2.29. The van der Waals surface area contributed by atoms with E-state index in [0.717, 1.165) is 22.6 Å². The topological polar surface area (TPSA) is 58.9 Å². The van der Waals surface area contributed by atoms with E-state index in [1.807, 2.05) is 24.3 Å². The van der Waals surface area contributed by atoms with Crippen molar-refractivity contribution in [3.8, 4) is 33.8 Å². The second-order valence-corrected chi connectivity index (χ2v) is 8.06. The van der Waals surface area contributed by atoms with E-state index in [-0.39, 0.29) is 19.1 Å². The molecule has 1 aliphatic carbocycles. The highest BCUT2D eigenvalue weighted by atomic mass is 16.5.